The van der Waals surface area contributed by atoms with E-state index in [4.69, 9.17) is 16.0 Å². The normalized spacial score (nSPS) is 11.5. The van der Waals surface area contributed by atoms with Crippen molar-refractivity contribution in [3.63, 3.8) is 0 Å². The first-order chi connectivity index (χ1) is 11.8. The fourth-order valence-corrected chi connectivity index (χ4v) is 2.44. The molecule has 3 rings (SSSR count). The highest BCUT2D eigenvalue weighted by molar-refractivity contribution is 6.31. The molecule has 0 saturated carbocycles. The second-order valence-corrected chi connectivity index (χ2v) is 5.55. The number of para-hydroxylation sites is 1. The molecule has 0 bridgehead atoms. The summed E-state index contributed by atoms with van der Waals surface area (Å²) in [5.74, 6) is -1.37. The molecule has 2 aromatic carbocycles. The summed E-state index contributed by atoms with van der Waals surface area (Å²) in [4.78, 5) is 24.3. The largest absolute Gasteiger partial charge is 0.451 e. The van der Waals surface area contributed by atoms with Crippen molar-refractivity contribution in [1.29, 1.82) is 0 Å². The van der Waals surface area contributed by atoms with Crippen molar-refractivity contribution < 1.29 is 22.4 Å². The fourth-order valence-electron chi connectivity index (χ4n) is 2.26. The third-order valence-electron chi connectivity index (χ3n) is 3.39. The molecule has 1 heterocycles. The van der Waals surface area contributed by atoms with Crippen molar-refractivity contribution in [3.05, 3.63) is 75.1 Å². The predicted octanol–water partition coefficient (Wildman–Crippen LogP) is 4.72. The molecule has 0 spiro atoms. The smallest absolute Gasteiger partial charge is 0.418 e. The second kappa shape index (κ2) is 6.25. The van der Waals surface area contributed by atoms with Gasteiger partial charge < -0.3 is 9.73 Å². The average molecular weight is 368 g/mol. The molecular weight excluding hydrogens is 359 g/mol. The zero-order chi connectivity index (χ0) is 18.2. The number of halogens is 4. The maximum absolute atomic E-state index is 13.0. The van der Waals surface area contributed by atoms with Crippen LogP contribution in [0.15, 0.2) is 57.7 Å². The molecule has 0 saturated heterocycles. The van der Waals surface area contributed by atoms with Crippen LogP contribution in [0.3, 0.4) is 0 Å². The lowest BCUT2D eigenvalue weighted by molar-refractivity contribution is -0.136. The molecule has 3 aromatic rings. The van der Waals surface area contributed by atoms with Crippen LogP contribution >= 0.6 is 11.6 Å². The van der Waals surface area contributed by atoms with Gasteiger partial charge in [-0.05, 0) is 30.3 Å². The monoisotopic (exact) mass is 367 g/mol. The first-order valence-corrected chi connectivity index (χ1v) is 7.34. The van der Waals surface area contributed by atoms with E-state index in [1.807, 2.05) is 0 Å². The lowest BCUT2D eigenvalue weighted by atomic mass is 10.1. The first kappa shape index (κ1) is 17.0. The second-order valence-electron chi connectivity index (χ2n) is 5.11. The molecule has 1 amide bonds. The predicted molar refractivity (Wildman–Crippen MR) is 86.9 cm³/mol. The van der Waals surface area contributed by atoms with Gasteiger partial charge in [0.1, 0.15) is 5.58 Å². The number of anilines is 1. The van der Waals surface area contributed by atoms with Gasteiger partial charge in [-0.3, -0.25) is 9.59 Å². The minimum atomic E-state index is -4.63. The van der Waals surface area contributed by atoms with Crippen LogP contribution in [0.4, 0.5) is 18.9 Å². The maximum atomic E-state index is 13.0. The van der Waals surface area contributed by atoms with E-state index in [-0.39, 0.29) is 11.0 Å². The summed E-state index contributed by atoms with van der Waals surface area (Å²) in [7, 11) is 0. The summed E-state index contributed by atoms with van der Waals surface area (Å²) in [6.07, 6.45) is -4.63. The van der Waals surface area contributed by atoms with Crippen LogP contribution in [-0.4, -0.2) is 5.91 Å². The Morgan fingerprint density at radius 2 is 1.80 bits per heavy atom. The van der Waals surface area contributed by atoms with Gasteiger partial charge in [0, 0.05) is 11.1 Å². The van der Waals surface area contributed by atoms with Crippen molar-refractivity contribution in [2.45, 2.75) is 6.18 Å². The number of hydrogen-bond acceptors (Lipinski definition) is 3. The Bertz CT molecular complexity index is 1030. The molecule has 25 heavy (non-hydrogen) atoms. The van der Waals surface area contributed by atoms with Gasteiger partial charge in [0.2, 0.25) is 0 Å². The number of rotatable bonds is 2. The molecule has 0 fully saturated rings. The Kier molecular flexibility index (Phi) is 4.26. The van der Waals surface area contributed by atoms with E-state index >= 15 is 0 Å². The molecule has 0 aliphatic rings. The molecule has 0 unspecified atom stereocenters. The Hall–Kier alpha value is -2.80. The van der Waals surface area contributed by atoms with E-state index in [1.165, 1.54) is 30.3 Å². The first-order valence-electron chi connectivity index (χ1n) is 6.97. The molecule has 0 atom stereocenters. The highest BCUT2D eigenvalue weighted by atomic mass is 35.5. The van der Waals surface area contributed by atoms with E-state index in [2.05, 4.69) is 5.32 Å². The molecular formula is C17H9ClF3NO3. The summed E-state index contributed by atoms with van der Waals surface area (Å²) < 4.78 is 44.2. The zero-order valence-electron chi connectivity index (χ0n) is 12.4. The Morgan fingerprint density at radius 1 is 1.08 bits per heavy atom. The highest BCUT2D eigenvalue weighted by Crippen LogP contribution is 2.34. The van der Waals surface area contributed by atoms with E-state index in [0.29, 0.717) is 5.02 Å². The van der Waals surface area contributed by atoms with E-state index < -0.39 is 34.5 Å². The minimum absolute atomic E-state index is 0.103. The van der Waals surface area contributed by atoms with Crippen LogP contribution in [0.1, 0.15) is 16.1 Å². The van der Waals surface area contributed by atoms with Crippen LogP contribution < -0.4 is 10.7 Å². The minimum Gasteiger partial charge on any atom is -0.451 e. The molecule has 8 heteroatoms. The zero-order valence-corrected chi connectivity index (χ0v) is 13.1. The van der Waals surface area contributed by atoms with Gasteiger partial charge in [0.05, 0.1) is 16.6 Å². The topological polar surface area (TPSA) is 59.3 Å². The van der Waals surface area contributed by atoms with Gasteiger partial charge in [0.25, 0.3) is 5.91 Å². The van der Waals surface area contributed by atoms with Crippen LogP contribution in [0.2, 0.25) is 5.02 Å². The van der Waals surface area contributed by atoms with E-state index in [0.717, 1.165) is 18.2 Å². The quantitative estimate of drug-likeness (QED) is 0.713. The third kappa shape index (κ3) is 3.51. The van der Waals surface area contributed by atoms with Crippen LogP contribution in [0, 0.1) is 0 Å². The number of nitrogens with one attached hydrogen (secondary N) is 1. The number of carbonyl (C=O) groups excluding carboxylic acids is 1. The molecule has 1 N–H and O–H groups in total. The van der Waals surface area contributed by atoms with Crippen molar-refractivity contribution in [2.75, 3.05) is 5.32 Å². The Morgan fingerprint density at radius 3 is 2.52 bits per heavy atom. The summed E-state index contributed by atoms with van der Waals surface area (Å²) >= 11 is 5.79. The van der Waals surface area contributed by atoms with E-state index in [1.54, 1.807) is 0 Å². The molecule has 1 aromatic heterocycles. The van der Waals surface area contributed by atoms with Gasteiger partial charge in [-0.25, -0.2) is 0 Å². The molecule has 0 radical (unpaired) electrons. The van der Waals surface area contributed by atoms with Crippen molar-refractivity contribution in [1.82, 2.24) is 0 Å². The molecule has 0 aliphatic carbocycles. The number of fused-ring (bicyclic) bond motifs is 1. The third-order valence-corrected chi connectivity index (χ3v) is 3.63. The standard InChI is InChI=1S/C17H9ClF3NO3/c18-9-5-6-14-10(7-9)13(23)8-15(25-14)16(24)22-12-4-2-1-3-11(12)17(19,20)21/h1-8H,(H,22,24). The lowest BCUT2D eigenvalue weighted by Gasteiger charge is -2.13. The SMILES string of the molecule is O=C(Nc1ccccc1C(F)(F)F)c1cc(=O)c2cc(Cl)ccc2o1. The Balaban J connectivity index is 1.99. The molecule has 4 nitrogen and oxygen atoms in total. The summed E-state index contributed by atoms with van der Waals surface area (Å²) in [6, 6.07) is 9.66. The molecule has 128 valence electrons. The number of carbonyl (C=O) groups is 1. The van der Waals surface area contributed by atoms with Crippen molar-refractivity contribution in [2.24, 2.45) is 0 Å². The van der Waals surface area contributed by atoms with Gasteiger partial charge in [-0.15, -0.1) is 0 Å². The fraction of sp³-hybridized carbons (Fsp3) is 0.0588. The number of benzene rings is 2. The summed E-state index contributed by atoms with van der Waals surface area (Å²) in [5, 5.41) is 2.60. The van der Waals surface area contributed by atoms with Gasteiger partial charge in [-0.1, -0.05) is 23.7 Å². The highest BCUT2D eigenvalue weighted by Gasteiger charge is 2.33. The van der Waals surface area contributed by atoms with Crippen LogP contribution in [0.5, 0.6) is 0 Å². The van der Waals surface area contributed by atoms with Crippen LogP contribution in [0.25, 0.3) is 11.0 Å². The number of hydrogen-bond donors (Lipinski definition) is 1. The number of alkyl halides is 3. The number of amides is 1. The van der Waals surface area contributed by atoms with Crippen LogP contribution in [-0.2, 0) is 6.18 Å². The van der Waals surface area contributed by atoms with Crippen molar-refractivity contribution in [3.8, 4) is 0 Å². The lowest BCUT2D eigenvalue weighted by Crippen LogP contribution is -2.18. The van der Waals surface area contributed by atoms with Gasteiger partial charge in [-0.2, -0.15) is 13.2 Å². The average Bonchev–Trinajstić information content (AvgIpc) is 2.55. The molecule has 0 aliphatic heterocycles. The van der Waals surface area contributed by atoms with Gasteiger partial charge >= 0.3 is 6.18 Å². The van der Waals surface area contributed by atoms with Crippen molar-refractivity contribution >= 4 is 34.2 Å². The van der Waals surface area contributed by atoms with Gasteiger partial charge in [0.15, 0.2) is 11.2 Å². The Labute approximate surface area is 143 Å². The summed E-state index contributed by atoms with van der Waals surface area (Å²) in [6.45, 7) is 0. The van der Waals surface area contributed by atoms with E-state index in [9.17, 15) is 22.8 Å². The maximum Gasteiger partial charge on any atom is 0.418 e. The summed E-state index contributed by atoms with van der Waals surface area (Å²) in [5.41, 5.74) is -1.86.